The summed E-state index contributed by atoms with van der Waals surface area (Å²) < 4.78 is 3.19. The molecule has 0 atom stereocenters. The molecule has 0 fully saturated rings. The van der Waals surface area contributed by atoms with Gasteiger partial charge in [0, 0.05) is 19.0 Å². The van der Waals surface area contributed by atoms with Gasteiger partial charge in [-0.15, -0.1) is 0 Å². The van der Waals surface area contributed by atoms with Gasteiger partial charge in [0.2, 0.25) is 0 Å². The van der Waals surface area contributed by atoms with Crippen LogP contribution in [0.3, 0.4) is 0 Å². The highest BCUT2D eigenvalue weighted by Crippen LogP contribution is 2.29. The molecule has 2 nitrogen and oxygen atoms in total. The van der Waals surface area contributed by atoms with Crippen molar-refractivity contribution < 1.29 is 9.90 Å². The molecule has 1 N–H and O–H groups in total. The van der Waals surface area contributed by atoms with Crippen molar-refractivity contribution in [2.24, 2.45) is 0 Å². The second kappa shape index (κ2) is 7.19. The van der Waals surface area contributed by atoms with Crippen LogP contribution in [0.2, 0.25) is 0 Å². The molecule has 0 radical (unpaired) electrons. The van der Waals surface area contributed by atoms with E-state index in [1.54, 1.807) is 0 Å². The molecule has 0 aliphatic heterocycles. The largest absolute Gasteiger partial charge is 0.478 e. The van der Waals surface area contributed by atoms with E-state index in [4.69, 9.17) is 5.11 Å². The van der Waals surface area contributed by atoms with E-state index in [1.807, 2.05) is 18.2 Å². The zero-order chi connectivity index (χ0) is 12.0. The minimum atomic E-state index is -0.935. The lowest BCUT2D eigenvalue weighted by Gasteiger charge is -1.95. The first-order valence-electron chi connectivity index (χ1n) is 3.84. The van der Waals surface area contributed by atoms with Crippen LogP contribution in [0.5, 0.6) is 0 Å². The third kappa shape index (κ3) is 6.12. The SMILES string of the molecule is Brc1cccc(Br)c1Br.C=C(C)C(=O)O. The van der Waals surface area contributed by atoms with Crippen LogP contribution in [0.15, 0.2) is 43.8 Å². The van der Waals surface area contributed by atoms with Crippen molar-refractivity contribution in [3.8, 4) is 0 Å². The molecule has 82 valence electrons. The molecule has 0 heterocycles. The van der Waals surface area contributed by atoms with Crippen molar-refractivity contribution in [3.05, 3.63) is 43.8 Å². The second-order valence-electron chi connectivity index (χ2n) is 2.62. The van der Waals surface area contributed by atoms with E-state index in [0.29, 0.717) is 0 Å². The Morgan fingerprint density at radius 2 is 1.60 bits per heavy atom. The highest BCUT2D eigenvalue weighted by molar-refractivity contribution is 9.14. The fourth-order valence-electron chi connectivity index (χ4n) is 0.477. The van der Waals surface area contributed by atoms with E-state index in [-0.39, 0.29) is 5.57 Å². The maximum atomic E-state index is 9.60. The van der Waals surface area contributed by atoms with E-state index < -0.39 is 5.97 Å². The third-order valence-corrected chi connectivity index (χ3v) is 4.51. The highest BCUT2D eigenvalue weighted by atomic mass is 79.9. The first kappa shape index (κ1) is 14.9. The molecule has 0 amide bonds. The van der Waals surface area contributed by atoms with Gasteiger partial charge in [-0.3, -0.25) is 0 Å². The summed E-state index contributed by atoms with van der Waals surface area (Å²) >= 11 is 10.1. The molecule has 0 saturated carbocycles. The molecule has 0 bridgehead atoms. The predicted molar refractivity (Wildman–Crippen MR) is 72.0 cm³/mol. The van der Waals surface area contributed by atoms with Crippen molar-refractivity contribution in [2.45, 2.75) is 6.92 Å². The summed E-state index contributed by atoms with van der Waals surface area (Å²) in [5.41, 5.74) is 0.176. The standard InChI is InChI=1S/C6H3Br3.C4H6O2/c7-4-2-1-3-5(8)6(4)9;1-3(2)4(5)6/h1-3H;1H2,2H3,(H,5,6). The van der Waals surface area contributed by atoms with Crippen molar-refractivity contribution in [1.29, 1.82) is 0 Å². The van der Waals surface area contributed by atoms with E-state index in [2.05, 4.69) is 54.4 Å². The zero-order valence-electron chi connectivity index (χ0n) is 7.93. The van der Waals surface area contributed by atoms with Gasteiger partial charge in [-0.2, -0.15) is 0 Å². The first-order valence-corrected chi connectivity index (χ1v) is 6.22. The highest BCUT2D eigenvalue weighted by Gasteiger charge is 1.97. The molecule has 5 heteroatoms. The van der Waals surface area contributed by atoms with Gasteiger partial charge in [-0.25, -0.2) is 4.79 Å². The Bertz CT molecular complexity index is 343. The normalized spacial score (nSPS) is 8.80. The Morgan fingerprint density at radius 3 is 1.80 bits per heavy atom. The predicted octanol–water partition coefficient (Wildman–Crippen LogP) is 4.62. The summed E-state index contributed by atoms with van der Waals surface area (Å²) in [6, 6.07) is 5.93. The molecule has 1 rings (SSSR count). The topological polar surface area (TPSA) is 37.3 Å². The molecular weight excluding hydrogens is 392 g/mol. The Balaban J connectivity index is 0.000000288. The lowest BCUT2D eigenvalue weighted by Crippen LogP contribution is -1.92. The minimum absolute atomic E-state index is 0.176. The fraction of sp³-hybridized carbons (Fsp3) is 0.100. The quantitative estimate of drug-likeness (QED) is 0.551. The van der Waals surface area contributed by atoms with E-state index in [0.717, 1.165) is 13.4 Å². The number of benzene rings is 1. The Labute approximate surface area is 114 Å². The van der Waals surface area contributed by atoms with Crippen molar-refractivity contribution in [2.75, 3.05) is 0 Å². The monoisotopic (exact) mass is 398 g/mol. The van der Waals surface area contributed by atoms with Crippen LogP contribution in [0.25, 0.3) is 0 Å². The summed E-state index contributed by atoms with van der Waals surface area (Å²) in [4.78, 5) is 9.60. The third-order valence-electron chi connectivity index (χ3n) is 1.27. The summed E-state index contributed by atoms with van der Waals surface area (Å²) in [5, 5.41) is 7.89. The second-order valence-corrected chi connectivity index (χ2v) is 5.12. The van der Waals surface area contributed by atoms with Crippen LogP contribution in [-0.4, -0.2) is 11.1 Å². The van der Waals surface area contributed by atoms with Crippen LogP contribution in [0.4, 0.5) is 0 Å². The van der Waals surface area contributed by atoms with E-state index in [9.17, 15) is 4.79 Å². The van der Waals surface area contributed by atoms with Gasteiger partial charge >= 0.3 is 5.97 Å². The van der Waals surface area contributed by atoms with Crippen LogP contribution in [0.1, 0.15) is 6.92 Å². The fourth-order valence-corrected chi connectivity index (χ4v) is 1.74. The van der Waals surface area contributed by atoms with Crippen molar-refractivity contribution in [3.63, 3.8) is 0 Å². The van der Waals surface area contributed by atoms with Gasteiger partial charge in [0.25, 0.3) is 0 Å². The van der Waals surface area contributed by atoms with Crippen molar-refractivity contribution in [1.82, 2.24) is 0 Å². The molecular formula is C10H9Br3O2. The number of halogens is 3. The Hall–Kier alpha value is -0.130. The smallest absolute Gasteiger partial charge is 0.330 e. The molecule has 0 aliphatic carbocycles. The lowest BCUT2D eigenvalue weighted by atomic mass is 10.4. The van der Waals surface area contributed by atoms with Gasteiger partial charge < -0.3 is 5.11 Å². The van der Waals surface area contributed by atoms with Gasteiger partial charge in [0.15, 0.2) is 0 Å². The maximum absolute atomic E-state index is 9.60. The van der Waals surface area contributed by atoms with Crippen LogP contribution in [0, 0.1) is 0 Å². The van der Waals surface area contributed by atoms with E-state index >= 15 is 0 Å². The van der Waals surface area contributed by atoms with Crippen molar-refractivity contribution >= 4 is 53.8 Å². The molecule has 1 aromatic carbocycles. The van der Waals surface area contributed by atoms with Gasteiger partial charge in [-0.05, 0) is 66.8 Å². The number of carbonyl (C=O) groups is 1. The van der Waals surface area contributed by atoms with Gasteiger partial charge in [0.05, 0.1) is 0 Å². The average molecular weight is 401 g/mol. The molecule has 15 heavy (non-hydrogen) atoms. The molecule has 0 spiro atoms. The summed E-state index contributed by atoms with van der Waals surface area (Å²) in [6.45, 7) is 4.60. The summed E-state index contributed by atoms with van der Waals surface area (Å²) in [7, 11) is 0. The number of rotatable bonds is 1. The first-order chi connectivity index (χ1) is 6.86. The van der Waals surface area contributed by atoms with Gasteiger partial charge in [0.1, 0.15) is 0 Å². The summed E-state index contributed by atoms with van der Waals surface area (Å²) in [5.74, 6) is -0.935. The van der Waals surface area contributed by atoms with Gasteiger partial charge in [-0.1, -0.05) is 12.6 Å². The van der Waals surface area contributed by atoms with Crippen LogP contribution >= 0.6 is 47.8 Å². The average Bonchev–Trinajstić information content (AvgIpc) is 2.15. The minimum Gasteiger partial charge on any atom is -0.478 e. The zero-order valence-corrected chi connectivity index (χ0v) is 12.7. The van der Waals surface area contributed by atoms with Crippen LogP contribution in [-0.2, 0) is 4.79 Å². The number of hydrogen-bond acceptors (Lipinski definition) is 1. The lowest BCUT2D eigenvalue weighted by molar-refractivity contribution is -0.132. The number of carboxylic acid groups (broad SMARTS) is 1. The molecule has 0 unspecified atom stereocenters. The Morgan fingerprint density at radius 1 is 1.27 bits per heavy atom. The summed E-state index contributed by atoms with van der Waals surface area (Å²) in [6.07, 6.45) is 0. The number of aliphatic carboxylic acids is 1. The molecule has 0 aromatic heterocycles. The number of hydrogen-bond donors (Lipinski definition) is 1. The number of carboxylic acids is 1. The maximum Gasteiger partial charge on any atom is 0.330 e. The molecule has 0 aliphatic rings. The Kier molecular flexibility index (Phi) is 7.13. The van der Waals surface area contributed by atoms with E-state index in [1.165, 1.54) is 6.92 Å². The molecule has 1 aromatic rings. The van der Waals surface area contributed by atoms with Crippen LogP contribution < -0.4 is 0 Å². The molecule has 0 saturated heterocycles.